The number of carbonyl (C=O) groups excluding carboxylic acids is 1. The Morgan fingerprint density at radius 2 is 2.43 bits per heavy atom. The Hall–Kier alpha value is -1.84. The van der Waals surface area contributed by atoms with Crippen LogP contribution in [0.1, 0.15) is 6.42 Å². The van der Waals surface area contributed by atoms with Gasteiger partial charge in [-0.2, -0.15) is 0 Å². The van der Waals surface area contributed by atoms with Gasteiger partial charge in [0.2, 0.25) is 5.91 Å². The van der Waals surface area contributed by atoms with Crippen molar-refractivity contribution in [1.29, 1.82) is 0 Å². The monoisotopic (exact) mass is 189 g/mol. The fourth-order valence-corrected chi connectivity index (χ4v) is 1.50. The number of hydrogen-bond donors (Lipinski definition) is 1. The summed E-state index contributed by atoms with van der Waals surface area (Å²) in [7, 11) is 0. The summed E-state index contributed by atoms with van der Waals surface area (Å²) in [6, 6.07) is 0. The predicted octanol–water partition coefficient (Wildman–Crippen LogP) is 0.542. The molecule has 1 amide bonds. The minimum absolute atomic E-state index is 0.186. The molecule has 0 aliphatic carbocycles. The third-order valence-electron chi connectivity index (χ3n) is 2.13. The molecule has 0 spiro atoms. The molecule has 0 aromatic heterocycles. The first kappa shape index (κ1) is 8.74. The van der Waals surface area contributed by atoms with Crippen molar-refractivity contribution in [3.05, 3.63) is 36.2 Å². The van der Waals surface area contributed by atoms with Gasteiger partial charge in [-0.25, -0.2) is 0 Å². The number of nitrogens with zero attached hydrogens (tertiary/aromatic N) is 2. The lowest BCUT2D eigenvalue weighted by atomic mass is 10.2. The van der Waals surface area contributed by atoms with Crippen LogP contribution in [-0.2, 0) is 4.79 Å². The van der Waals surface area contributed by atoms with E-state index in [0.29, 0.717) is 0 Å². The number of allylic oxidation sites excluding steroid dienone is 4. The lowest BCUT2D eigenvalue weighted by molar-refractivity contribution is -0.118. The zero-order chi connectivity index (χ0) is 9.97. The number of rotatable bonds is 2. The Bertz CT molecular complexity index is 366. The van der Waals surface area contributed by atoms with Crippen LogP contribution < -0.4 is 5.73 Å². The molecular formula is C10H11N3O. The Morgan fingerprint density at radius 3 is 3.21 bits per heavy atom. The van der Waals surface area contributed by atoms with E-state index in [2.05, 4.69) is 4.99 Å². The number of aliphatic imine (C=N–C) groups is 1. The number of nitrogens with two attached hydrogens (primary N) is 1. The van der Waals surface area contributed by atoms with Gasteiger partial charge in [-0.1, -0.05) is 6.08 Å². The summed E-state index contributed by atoms with van der Waals surface area (Å²) in [5, 5.41) is 0. The van der Waals surface area contributed by atoms with Crippen molar-refractivity contribution in [2.45, 2.75) is 12.6 Å². The van der Waals surface area contributed by atoms with Crippen LogP contribution in [0.2, 0.25) is 0 Å². The summed E-state index contributed by atoms with van der Waals surface area (Å²) in [5.74, 6) is -0.337. The van der Waals surface area contributed by atoms with Crippen molar-refractivity contribution in [1.82, 2.24) is 4.90 Å². The minimum Gasteiger partial charge on any atom is -0.370 e. The van der Waals surface area contributed by atoms with E-state index >= 15 is 0 Å². The van der Waals surface area contributed by atoms with Gasteiger partial charge in [0.15, 0.2) is 0 Å². The van der Waals surface area contributed by atoms with E-state index in [0.717, 1.165) is 5.70 Å². The largest absolute Gasteiger partial charge is 0.370 e. The number of carbonyl (C=O) groups is 1. The van der Waals surface area contributed by atoms with Crippen LogP contribution in [0.25, 0.3) is 0 Å². The summed E-state index contributed by atoms with van der Waals surface area (Å²) in [5.41, 5.74) is 6.18. The molecule has 0 radical (unpaired) electrons. The molecule has 1 atom stereocenters. The van der Waals surface area contributed by atoms with E-state index in [4.69, 9.17) is 5.73 Å². The summed E-state index contributed by atoms with van der Waals surface area (Å²) in [6.07, 6.45) is 11.4. The number of amides is 1. The molecule has 0 fully saturated rings. The van der Waals surface area contributed by atoms with Gasteiger partial charge in [0.05, 0.1) is 6.42 Å². The lowest BCUT2D eigenvalue weighted by Crippen LogP contribution is -2.34. The first-order valence-electron chi connectivity index (χ1n) is 4.42. The normalized spacial score (nSPS) is 23.3. The highest BCUT2D eigenvalue weighted by Crippen LogP contribution is 2.21. The average Bonchev–Trinajstić information content (AvgIpc) is 2.18. The molecule has 0 saturated heterocycles. The third-order valence-corrected chi connectivity index (χ3v) is 2.13. The second-order valence-electron chi connectivity index (χ2n) is 3.15. The highest BCUT2D eigenvalue weighted by atomic mass is 16.1. The van der Waals surface area contributed by atoms with E-state index in [1.807, 2.05) is 35.4 Å². The molecule has 0 saturated carbocycles. The maximum atomic E-state index is 10.8. The van der Waals surface area contributed by atoms with E-state index in [-0.39, 0.29) is 18.5 Å². The first-order chi connectivity index (χ1) is 6.77. The van der Waals surface area contributed by atoms with Crippen LogP contribution in [0.5, 0.6) is 0 Å². The minimum atomic E-state index is -0.337. The molecule has 2 rings (SSSR count). The van der Waals surface area contributed by atoms with Gasteiger partial charge in [-0.3, -0.25) is 9.79 Å². The Kier molecular flexibility index (Phi) is 2.18. The van der Waals surface area contributed by atoms with Crippen LogP contribution in [0.4, 0.5) is 0 Å². The summed E-state index contributed by atoms with van der Waals surface area (Å²) in [4.78, 5) is 16.9. The summed E-state index contributed by atoms with van der Waals surface area (Å²) >= 11 is 0. The van der Waals surface area contributed by atoms with Crippen molar-refractivity contribution in [3.63, 3.8) is 0 Å². The van der Waals surface area contributed by atoms with E-state index in [1.54, 1.807) is 6.21 Å². The van der Waals surface area contributed by atoms with Crippen molar-refractivity contribution >= 4 is 12.1 Å². The van der Waals surface area contributed by atoms with Crippen molar-refractivity contribution in [2.24, 2.45) is 10.7 Å². The lowest BCUT2D eigenvalue weighted by Gasteiger charge is -2.31. The zero-order valence-electron chi connectivity index (χ0n) is 7.63. The maximum Gasteiger partial charge on any atom is 0.221 e. The predicted molar refractivity (Wildman–Crippen MR) is 54.3 cm³/mol. The number of hydrogen-bond acceptors (Lipinski definition) is 3. The Labute approximate surface area is 82.1 Å². The molecular weight excluding hydrogens is 178 g/mol. The molecule has 72 valence electrons. The quantitative estimate of drug-likeness (QED) is 0.689. The first-order valence-corrected chi connectivity index (χ1v) is 4.42. The number of fused-ring (bicyclic) bond motifs is 1. The standard InChI is InChI=1S/C10H11N3O/c11-9(14)7-10-12-5-4-8-3-1-2-6-13(8)10/h1-6,10H,7H2,(H2,11,14). The Morgan fingerprint density at radius 1 is 1.57 bits per heavy atom. The van der Waals surface area contributed by atoms with Gasteiger partial charge >= 0.3 is 0 Å². The molecule has 1 unspecified atom stereocenters. The van der Waals surface area contributed by atoms with Crippen molar-refractivity contribution < 1.29 is 4.79 Å². The molecule has 2 heterocycles. The Balaban J connectivity index is 2.19. The molecule has 4 heteroatoms. The zero-order valence-corrected chi connectivity index (χ0v) is 7.63. The van der Waals surface area contributed by atoms with Crippen LogP contribution in [-0.4, -0.2) is 23.2 Å². The molecule has 0 aromatic rings. The summed E-state index contributed by atoms with van der Waals surface area (Å²) in [6.45, 7) is 0. The second kappa shape index (κ2) is 3.49. The molecule has 14 heavy (non-hydrogen) atoms. The molecule has 2 N–H and O–H groups in total. The molecule has 2 aliphatic rings. The van der Waals surface area contributed by atoms with Gasteiger partial charge in [0.1, 0.15) is 6.17 Å². The van der Waals surface area contributed by atoms with E-state index in [1.165, 1.54) is 0 Å². The van der Waals surface area contributed by atoms with Gasteiger partial charge in [-0.05, 0) is 18.2 Å². The fraction of sp³-hybridized carbons (Fsp3) is 0.200. The molecule has 0 aromatic carbocycles. The van der Waals surface area contributed by atoms with Crippen molar-refractivity contribution in [2.75, 3.05) is 0 Å². The van der Waals surface area contributed by atoms with Crippen molar-refractivity contribution in [3.8, 4) is 0 Å². The SMILES string of the molecule is NC(=O)CC1N=CC=C2C=CC=CN21. The summed E-state index contributed by atoms with van der Waals surface area (Å²) < 4.78 is 0. The van der Waals surface area contributed by atoms with Gasteiger partial charge < -0.3 is 10.6 Å². The van der Waals surface area contributed by atoms with Gasteiger partial charge in [0.25, 0.3) is 0 Å². The molecule has 0 bridgehead atoms. The average molecular weight is 189 g/mol. The van der Waals surface area contributed by atoms with Crippen LogP contribution >= 0.6 is 0 Å². The van der Waals surface area contributed by atoms with Crippen LogP contribution in [0.15, 0.2) is 41.2 Å². The van der Waals surface area contributed by atoms with Crippen LogP contribution in [0, 0.1) is 0 Å². The van der Waals surface area contributed by atoms with Gasteiger partial charge in [-0.15, -0.1) is 0 Å². The highest BCUT2D eigenvalue weighted by molar-refractivity contribution is 5.77. The maximum absolute atomic E-state index is 10.8. The molecule has 4 nitrogen and oxygen atoms in total. The topological polar surface area (TPSA) is 58.7 Å². The second-order valence-corrected chi connectivity index (χ2v) is 3.15. The van der Waals surface area contributed by atoms with E-state index < -0.39 is 0 Å². The third kappa shape index (κ3) is 1.59. The van der Waals surface area contributed by atoms with Gasteiger partial charge in [0, 0.05) is 18.1 Å². The fourth-order valence-electron chi connectivity index (χ4n) is 1.50. The smallest absolute Gasteiger partial charge is 0.221 e. The number of primary amides is 1. The van der Waals surface area contributed by atoms with E-state index in [9.17, 15) is 4.79 Å². The van der Waals surface area contributed by atoms with Crippen LogP contribution in [0.3, 0.4) is 0 Å². The highest BCUT2D eigenvalue weighted by Gasteiger charge is 2.21. The molecule has 2 aliphatic heterocycles.